The van der Waals surface area contributed by atoms with Crippen LogP contribution in [-0.2, 0) is 6.42 Å². The number of halogens is 5. The lowest BCUT2D eigenvalue weighted by Gasteiger charge is -2.11. The number of fused-ring (bicyclic) bond motifs is 1. The third-order valence-corrected chi connectivity index (χ3v) is 4.93. The highest BCUT2D eigenvalue weighted by Gasteiger charge is 2.22. The molecular formula is C26H21F5O. The molecule has 166 valence electrons. The maximum Gasteiger partial charge on any atom is 0.169 e. The van der Waals surface area contributed by atoms with E-state index in [-0.39, 0.29) is 22.9 Å². The number of rotatable bonds is 8. The van der Waals surface area contributed by atoms with Gasteiger partial charge in [-0.1, -0.05) is 24.3 Å². The second-order valence-corrected chi connectivity index (χ2v) is 7.05. The smallest absolute Gasteiger partial charge is 0.169 e. The molecule has 0 bridgehead atoms. The number of aryl methyl sites for hydroxylation is 1. The molecule has 0 heterocycles. The van der Waals surface area contributed by atoms with Crippen molar-refractivity contribution in [3.63, 3.8) is 0 Å². The quantitative estimate of drug-likeness (QED) is 0.194. The first-order chi connectivity index (χ1) is 15.4. The number of allylic oxidation sites excluding steroid dienone is 2. The molecule has 0 atom stereocenters. The van der Waals surface area contributed by atoms with Crippen LogP contribution in [0.4, 0.5) is 22.0 Å². The molecule has 0 aliphatic carbocycles. The summed E-state index contributed by atoms with van der Waals surface area (Å²) in [6.45, 7) is 5.69. The minimum atomic E-state index is -1.51. The molecule has 3 aromatic carbocycles. The van der Waals surface area contributed by atoms with Gasteiger partial charge in [0, 0.05) is 11.1 Å². The number of hydrogen-bond donors (Lipinski definition) is 0. The fraction of sp³-hybridized carbons (Fsp3) is 0.154. The Morgan fingerprint density at radius 3 is 2.31 bits per heavy atom. The summed E-state index contributed by atoms with van der Waals surface area (Å²) in [5.41, 5.74) is -0.881. The van der Waals surface area contributed by atoms with Gasteiger partial charge in [-0.3, -0.25) is 0 Å². The molecule has 0 fully saturated rings. The first-order valence-corrected chi connectivity index (χ1v) is 9.99. The third-order valence-electron chi connectivity index (χ3n) is 4.93. The van der Waals surface area contributed by atoms with E-state index < -0.39 is 40.1 Å². The van der Waals surface area contributed by atoms with E-state index in [1.54, 1.807) is 18.2 Å². The van der Waals surface area contributed by atoms with Crippen molar-refractivity contribution in [2.75, 3.05) is 6.61 Å². The average Bonchev–Trinajstić information content (AvgIpc) is 2.80. The summed E-state index contributed by atoms with van der Waals surface area (Å²) in [6.07, 6.45) is 5.73. The largest absolute Gasteiger partial charge is 0.490 e. The highest BCUT2D eigenvalue weighted by Crippen LogP contribution is 2.35. The van der Waals surface area contributed by atoms with Gasteiger partial charge in [-0.05, 0) is 67.1 Å². The van der Waals surface area contributed by atoms with E-state index in [4.69, 9.17) is 4.74 Å². The fourth-order valence-corrected chi connectivity index (χ4v) is 3.23. The van der Waals surface area contributed by atoms with Gasteiger partial charge in [-0.25, -0.2) is 22.0 Å². The Balaban J connectivity index is 2.00. The zero-order valence-corrected chi connectivity index (χ0v) is 17.4. The van der Waals surface area contributed by atoms with Crippen LogP contribution in [0.15, 0.2) is 67.3 Å². The highest BCUT2D eigenvalue weighted by molar-refractivity contribution is 5.91. The van der Waals surface area contributed by atoms with Crippen molar-refractivity contribution >= 4 is 22.4 Å². The zero-order chi connectivity index (χ0) is 23.3. The highest BCUT2D eigenvalue weighted by atomic mass is 19.2. The van der Waals surface area contributed by atoms with Gasteiger partial charge >= 0.3 is 0 Å². The van der Waals surface area contributed by atoms with Crippen molar-refractivity contribution in [1.82, 2.24) is 0 Å². The summed E-state index contributed by atoms with van der Waals surface area (Å²) in [4.78, 5) is 0. The van der Waals surface area contributed by atoms with Gasteiger partial charge in [0.15, 0.2) is 23.3 Å². The van der Waals surface area contributed by atoms with Crippen LogP contribution in [0.5, 0.6) is 5.75 Å². The molecule has 32 heavy (non-hydrogen) atoms. The molecular weight excluding hydrogens is 423 g/mol. The molecule has 0 aliphatic rings. The van der Waals surface area contributed by atoms with Gasteiger partial charge in [-0.15, -0.1) is 6.58 Å². The number of hydrogen-bond acceptors (Lipinski definition) is 1. The summed E-state index contributed by atoms with van der Waals surface area (Å²) in [6, 6.07) is 9.00. The second-order valence-electron chi connectivity index (χ2n) is 7.05. The summed E-state index contributed by atoms with van der Waals surface area (Å²) in [5.74, 6) is -6.41. The zero-order valence-electron chi connectivity index (χ0n) is 17.4. The molecule has 0 aromatic heterocycles. The SMILES string of the molecule is C=CCCc1cc2ccc(C(F)=C(F)c3ccc(OCC=CC)cc3)c(F)c2c(F)c1F. The van der Waals surface area contributed by atoms with Crippen LogP contribution in [0, 0.1) is 17.5 Å². The second kappa shape index (κ2) is 10.3. The topological polar surface area (TPSA) is 9.23 Å². The van der Waals surface area contributed by atoms with Gasteiger partial charge in [-0.2, -0.15) is 0 Å². The molecule has 3 aromatic rings. The van der Waals surface area contributed by atoms with Crippen LogP contribution in [0.2, 0.25) is 0 Å². The van der Waals surface area contributed by atoms with Gasteiger partial charge in [0.2, 0.25) is 0 Å². The van der Waals surface area contributed by atoms with Gasteiger partial charge < -0.3 is 4.74 Å². The maximum absolute atomic E-state index is 15.0. The van der Waals surface area contributed by atoms with E-state index in [1.807, 2.05) is 6.92 Å². The molecule has 0 saturated heterocycles. The molecule has 0 N–H and O–H groups in total. The maximum atomic E-state index is 15.0. The molecule has 0 amide bonds. The molecule has 0 radical (unpaired) electrons. The van der Waals surface area contributed by atoms with Crippen LogP contribution < -0.4 is 4.74 Å². The van der Waals surface area contributed by atoms with E-state index in [1.165, 1.54) is 36.4 Å². The Morgan fingerprint density at radius 1 is 0.938 bits per heavy atom. The normalized spacial score (nSPS) is 12.3. The third kappa shape index (κ3) is 4.74. The molecule has 0 unspecified atom stereocenters. The molecule has 3 rings (SSSR count). The van der Waals surface area contributed by atoms with E-state index in [0.29, 0.717) is 18.8 Å². The Labute approximate surface area is 183 Å². The summed E-state index contributed by atoms with van der Waals surface area (Å²) in [5, 5.41) is -0.668. The first-order valence-electron chi connectivity index (χ1n) is 9.99. The lowest BCUT2D eigenvalue weighted by Crippen LogP contribution is -2.00. The van der Waals surface area contributed by atoms with Crippen LogP contribution in [0.3, 0.4) is 0 Å². The van der Waals surface area contributed by atoms with Crippen LogP contribution in [0.25, 0.3) is 22.4 Å². The fourth-order valence-electron chi connectivity index (χ4n) is 3.23. The molecule has 6 heteroatoms. The van der Waals surface area contributed by atoms with Gasteiger partial charge in [0.05, 0.1) is 5.39 Å². The predicted molar refractivity (Wildman–Crippen MR) is 118 cm³/mol. The van der Waals surface area contributed by atoms with Crippen molar-refractivity contribution < 1.29 is 26.7 Å². The monoisotopic (exact) mass is 444 g/mol. The van der Waals surface area contributed by atoms with E-state index >= 15 is 0 Å². The van der Waals surface area contributed by atoms with Crippen molar-refractivity contribution in [3.05, 3.63) is 101 Å². The van der Waals surface area contributed by atoms with Crippen LogP contribution in [0.1, 0.15) is 30.0 Å². The Bertz CT molecular complexity index is 1190. The first kappa shape index (κ1) is 23.3. The molecule has 0 spiro atoms. The van der Waals surface area contributed by atoms with Crippen molar-refractivity contribution in [2.24, 2.45) is 0 Å². The minimum absolute atomic E-state index is 0.0556. The minimum Gasteiger partial charge on any atom is -0.490 e. The van der Waals surface area contributed by atoms with Crippen LogP contribution >= 0.6 is 0 Å². The number of benzene rings is 3. The average molecular weight is 444 g/mol. The van der Waals surface area contributed by atoms with E-state index in [9.17, 15) is 22.0 Å². The summed E-state index contributed by atoms with van der Waals surface area (Å²) < 4.78 is 78.9. The Morgan fingerprint density at radius 2 is 1.66 bits per heavy atom. The lowest BCUT2D eigenvalue weighted by atomic mass is 9.99. The van der Waals surface area contributed by atoms with Gasteiger partial charge in [0.1, 0.15) is 18.2 Å². The molecule has 0 aliphatic heterocycles. The number of ether oxygens (including phenoxy) is 1. The molecule has 1 nitrogen and oxygen atoms in total. The van der Waals surface area contributed by atoms with Gasteiger partial charge in [0.25, 0.3) is 0 Å². The Kier molecular flexibility index (Phi) is 7.46. The van der Waals surface area contributed by atoms with Crippen LogP contribution in [-0.4, -0.2) is 6.61 Å². The van der Waals surface area contributed by atoms with Crippen molar-refractivity contribution in [1.29, 1.82) is 0 Å². The summed E-state index contributed by atoms with van der Waals surface area (Å²) >= 11 is 0. The molecule has 0 saturated carbocycles. The van der Waals surface area contributed by atoms with Crippen molar-refractivity contribution in [2.45, 2.75) is 19.8 Å². The standard InChI is InChI=1S/C26H21F5O/c1-3-5-7-18-15-17-10-13-20(24(29)21(17)26(31)23(18)28)25(30)22(27)16-8-11-19(12-9-16)32-14-6-4-2/h3-4,6,8-13,15H,1,5,7,14H2,2H3. The van der Waals surface area contributed by atoms with Crippen molar-refractivity contribution in [3.8, 4) is 5.75 Å². The lowest BCUT2D eigenvalue weighted by molar-refractivity contribution is 0.362. The summed E-state index contributed by atoms with van der Waals surface area (Å²) in [7, 11) is 0. The van der Waals surface area contributed by atoms with E-state index in [0.717, 1.165) is 6.07 Å². The predicted octanol–water partition coefficient (Wildman–Crippen LogP) is 8.10. The van der Waals surface area contributed by atoms with E-state index in [2.05, 4.69) is 6.58 Å². The Hall–Kier alpha value is -3.41.